The number of nitrogens with zero attached hydrogens (tertiary/aromatic N) is 2. The molecule has 0 saturated carbocycles. The van der Waals surface area contributed by atoms with Gasteiger partial charge >= 0.3 is 0 Å². The smallest absolute Gasteiger partial charge is 0.264 e. The number of hydrogen-bond donors (Lipinski definition) is 6. The van der Waals surface area contributed by atoms with Crippen LogP contribution in [0.3, 0.4) is 0 Å². The highest BCUT2D eigenvalue weighted by Crippen LogP contribution is 2.28. The number of nitrogen functional groups attached to an aromatic ring is 1. The number of benzene rings is 2. The number of thiazole rings is 2. The molecule has 0 radical (unpaired) electrons. The summed E-state index contributed by atoms with van der Waals surface area (Å²) in [5.74, 6) is -0.430. The quantitative estimate of drug-likeness (QED) is 0.0813. The average molecular weight is 730 g/mol. The number of nitrogens with one attached hydrogen (secondary N) is 5. The number of amides is 3. The SMILES string of the molecule is CC[C@@H](C)Nc1nc(Br)c(C(=O)NCc2cccc(N)c2)s1.CC[C@@H](C)Nc1ncc(C(=O)NCc2cccc(NC(C)=O)c2)s1. The van der Waals surface area contributed by atoms with Gasteiger partial charge in [-0.3, -0.25) is 14.4 Å². The zero-order valence-corrected chi connectivity index (χ0v) is 29.8. The molecule has 46 heavy (non-hydrogen) atoms. The fourth-order valence-corrected chi connectivity index (χ4v) is 6.22. The second-order valence-corrected chi connectivity index (χ2v) is 13.3. The Labute approximate surface area is 286 Å². The molecular formula is C32H41BrN8O3S2. The molecule has 4 rings (SSSR count). The predicted molar refractivity (Wildman–Crippen MR) is 193 cm³/mol. The molecule has 2 aromatic carbocycles. The van der Waals surface area contributed by atoms with Crippen LogP contribution < -0.4 is 32.3 Å². The minimum absolute atomic E-state index is 0.123. The van der Waals surface area contributed by atoms with Crippen molar-refractivity contribution in [1.82, 2.24) is 20.6 Å². The monoisotopic (exact) mass is 728 g/mol. The lowest BCUT2D eigenvalue weighted by Gasteiger charge is -2.08. The standard InChI is InChI=1S/C17H22N4O2S.C15H19BrN4OS/c1-4-11(2)20-17-19-10-15(24-17)16(23)18-9-13-6-5-7-14(8-13)21-12(3)22;1-3-9(2)19-15-20-13(16)12(22-15)14(21)18-8-10-5-4-6-11(17)7-10/h5-8,10-11H,4,9H2,1-3H3,(H,18,23)(H,19,20)(H,21,22);4-7,9H,3,8,17H2,1-2H3,(H,18,21)(H,19,20)/t11-;9-/m11/s1. The van der Waals surface area contributed by atoms with Crippen molar-refractivity contribution in [1.29, 1.82) is 0 Å². The van der Waals surface area contributed by atoms with Gasteiger partial charge in [0.15, 0.2) is 10.3 Å². The zero-order chi connectivity index (χ0) is 33.6. The number of anilines is 4. The van der Waals surface area contributed by atoms with Gasteiger partial charge in [-0.2, -0.15) is 0 Å². The van der Waals surface area contributed by atoms with E-state index in [2.05, 4.69) is 80.2 Å². The zero-order valence-electron chi connectivity index (χ0n) is 26.6. The summed E-state index contributed by atoms with van der Waals surface area (Å²) in [4.78, 5) is 45.2. The lowest BCUT2D eigenvalue weighted by atomic mass is 10.2. The van der Waals surface area contributed by atoms with Gasteiger partial charge in [0, 0.05) is 43.5 Å². The molecule has 2 aromatic heterocycles. The van der Waals surface area contributed by atoms with Gasteiger partial charge in [0.05, 0.1) is 6.20 Å². The third kappa shape index (κ3) is 12.1. The third-order valence-electron chi connectivity index (χ3n) is 6.59. The molecule has 4 aromatic rings. The number of nitrogens with two attached hydrogens (primary N) is 1. The topological polar surface area (TPSA) is 163 Å². The number of carbonyl (C=O) groups excluding carboxylic acids is 3. The lowest BCUT2D eigenvalue weighted by molar-refractivity contribution is -0.114. The van der Waals surface area contributed by atoms with E-state index in [9.17, 15) is 14.4 Å². The summed E-state index contributed by atoms with van der Waals surface area (Å²) >= 11 is 6.03. The second-order valence-electron chi connectivity index (χ2n) is 10.6. The van der Waals surface area contributed by atoms with Crippen LogP contribution in [0.4, 0.5) is 21.6 Å². The van der Waals surface area contributed by atoms with Gasteiger partial charge < -0.3 is 32.3 Å². The predicted octanol–water partition coefficient (Wildman–Crippen LogP) is 6.87. The van der Waals surface area contributed by atoms with Gasteiger partial charge in [-0.05, 0) is 78.0 Å². The molecule has 2 heterocycles. The number of aromatic nitrogens is 2. The largest absolute Gasteiger partial charge is 0.399 e. The van der Waals surface area contributed by atoms with Crippen molar-refractivity contribution in [2.75, 3.05) is 21.7 Å². The molecule has 246 valence electrons. The Morgan fingerprint density at radius 2 is 1.48 bits per heavy atom. The normalized spacial score (nSPS) is 11.8. The van der Waals surface area contributed by atoms with Crippen molar-refractivity contribution >= 4 is 78.0 Å². The summed E-state index contributed by atoms with van der Waals surface area (Å²) in [5.41, 5.74) is 9.01. The highest BCUT2D eigenvalue weighted by atomic mass is 79.9. The molecule has 2 atom stereocenters. The van der Waals surface area contributed by atoms with Gasteiger partial charge in [0.25, 0.3) is 11.8 Å². The van der Waals surface area contributed by atoms with Crippen LogP contribution in [0.1, 0.15) is 77.9 Å². The van der Waals surface area contributed by atoms with Crippen LogP contribution in [0.15, 0.2) is 59.3 Å². The first-order valence-electron chi connectivity index (χ1n) is 14.9. The van der Waals surface area contributed by atoms with Crippen LogP contribution in [-0.4, -0.2) is 39.8 Å². The van der Waals surface area contributed by atoms with Crippen LogP contribution in [0, 0.1) is 0 Å². The van der Waals surface area contributed by atoms with Crippen LogP contribution in [0.5, 0.6) is 0 Å². The molecule has 14 heteroatoms. The Morgan fingerprint density at radius 3 is 2.11 bits per heavy atom. The van der Waals surface area contributed by atoms with E-state index in [0.717, 1.165) is 34.2 Å². The summed E-state index contributed by atoms with van der Waals surface area (Å²) in [7, 11) is 0. The van der Waals surface area contributed by atoms with Crippen LogP contribution in [0.2, 0.25) is 0 Å². The van der Waals surface area contributed by atoms with Gasteiger partial charge in [-0.15, -0.1) is 0 Å². The van der Waals surface area contributed by atoms with Gasteiger partial charge in [0.1, 0.15) is 14.4 Å². The molecule has 7 N–H and O–H groups in total. The molecule has 0 saturated heterocycles. The molecular weight excluding hydrogens is 688 g/mol. The minimum atomic E-state index is -0.158. The first kappa shape index (κ1) is 36.5. The Morgan fingerprint density at radius 1 is 0.870 bits per heavy atom. The molecule has 0 aliphatic carbocycles. The Hall–Kier alpha value is -4.01. The molecule has 0 aliphatic rings. The van der Waals surface area contributed by atoms with Crippen molar-refractivity contribution in [2.45, 2.75) is 72.6 Å². The van der Waals surface area contributed by atoms with Crippen LogP contribution in [0.25, 0.3) is 0 Å². The molecule has 0 bridgehead atoms. The second kappa shape index (κ2) is 18.2. The summed E-state index contributed by atoms with van der Waals surface area (Å²) in [5, 5.41) is 16.5. The first-order chi connectivity index (χ1) is 22.0. The van der Waals surface area contributed by atoms with Crippen molar-refractivity contribution in [3.05, 3.63) is 80.2 Å². The van der Waals surface area contributed by atoms with Crippen LogP contribution in [-0.2, 0) is 17.9 Å². The minimum Gasteiger partial charge on any atom is -0.399 e. The van der Waals surface area contributed by atoms with Gasteiger partial charge in [-0.1, -0.05) is 60.8 Å². The molecule has 11 nitrogen and oxygen atoms in total. The summed E-state index contributed by atoms with van der Waals surface area (Å²) in [6.45, 7) is 10.6. The first-order valence-corrected chi connectivity index (χ1v) is 17.3. The third-order valence-corrected chi connectivity index (χ3v) is 9.34. The maximum Gasteiger partial charge on any atom is 0.264 e. The Bertz CT molecular complexity index is 1610. The average Bonchev–Trinajstić information content (AvgIpc) is 3.64. The lowest BCUT2D eigenvalue weighted by Crippen LogP contribution is -2.22. The van der Waals surface area contributed by atoms with E-state index in [1.165, 1.54) is 29.6 Å². The molecule has 0 fully saturated rings. The van der Waals surface area contributed by atoms with Gasteiger partial charge in [0.2, 0.25) is 5.91 Å². The number of hydrogen-bond acceptors (Lipinski definition) is 10. The van der Waals surface area contributed by atoms with Crippen molar-refractivity contribution in [2.24, 2.45) is 0 Å². The van der Waals surface area contributed by atoms with E-state index in [4.69, 9.17) is 5.73 Å². The Balaban J connectivity index is 0.000000251. The van der Waals surface area contributed by atoms with E-state index < -0.39 is 0 Å². The number of carbonyl (C=O) groups is 3. The van der Waals surface area contributed by atoms with E-state index in [0.29, 0.717) is 50.9 Å². The summed E-state index contributed by atoms with van der Waals surface area (Å²) in [6, 6.07) is 15.5. The molecule has 0 unspecified atom stereocenters. The van der Waals surface area contributed by atoms with E-state index in [1.807, 2.05) is 48.5 Å². The summed E-state index contributed by atoms with van der Waals surface area (Å²) < 4.78 is 0.563. The Kier molecular flexibility index (Phi) is 14.4. The van der Waals surface area contributed by atoms with Crippen molar-refractivity contribution < 1.29 is 14.4 Å². The van der Waals surface area contributed by atoms with E-state index in [1.54, 1.807) is 6.20 Å². The van der Waals surface area contributed by atoms with Crippen molar-refractivity contribution in [3.8, 4) is 0 Å². The van der Waals surface area contributed by atoms with Gasteiger partial charge in [-0.25, -0.2) is 9.97 Å². The summed E-state index contributed by atoms with van der Waals surface area (Å²) in [6.07, 6.45) is 3.57. The number of rotatable bonds is 13. The maximum atomic E-state index is 12.3. The fourth-order valence-electron chi connectivity index (χ4n) is 3.77. The molecule has 0 aliphatic heterocycles. The maximum absolute atomic E-state index is 12.3. The highest BCUT2D eigenvalue weighted by Gasteiger charge is 2.17. The molecule has 3 amide bonds. The fraction of sp³-hybridized carbons (Fsp3) is 0.344. The van der Waals surface area contributed by atoms with Crippen LogP contribution >= 0.6 is 38.6 Å². The van der Waals surface area contributed by atoms with E-state index >= 15 is 0 Å². The van der Waals surface area contributed by atoms with Crippen molar-refractivity contribution in [3.63, 3.8) is 0 Å². The van der Waals surface area contributed by atoms with E-state index in [-0.39, 0.29) is 17.7 Å². The molecule has 0 spiro atoms. The highest BCUT2D eigenvalue weighted by molar-refractivity contribution is 9.10. The number of halogens is 1.